The summed E-state index contributed by atoms with van der Waals surface area (Å²) in [6.45, 7) is 6.84. The molecule has 128 valence electrons. The molecule has 6 N–H and O–H groups in total. The van der Waals surface area contributed by atoms with Gasteiger partial charge in [-0.3, -0.25) is 0 Å². The van der Waals surface area contributed by atoms with Crippen LogP contribution in [0.3, 0.4) is 0 Å². The van der Waals surface area contributed by atoms with Gasteiger partial charge >= 0.3 is 0 Å². The normalized spacial score (nSPS) is 12.8. The highest BCUT2D eigenvalue weighted by Crippen LogP contribution is 2.29. The molecule has 2 rings (SSSR count). The molecule has 0 atom stereocenters. The molecule has 2 aromatic rings. The highest BCUT2D eigenvalue weighted by Gasteiger charge is 2.19. The van der Waals surface area contributed by atoms with E-state index < -0.39 is 11.2 Å². The van der Waals surface area contributed by atoms with Gasteiger partial charge in [-0.25, -0.2) is 0 Å². The molecular formula is C20H26N2O2. The molecule has 0 aliphatic carbocycles. The lowest BCUT2D eigenvalue weighted by molar-refractivity contribution is 0.0788. The first-order valence-electron chi connectivity index (χ1n) is 7.91. The van der Waals surface area contributed by atoms with E-state index in [4.69, 9.17) is 11.5 Å². The largest absolute Gasteiger partial charge is 0.398 e. The average Bonchev–Trinajstić information content (AvgIpc) is 2.44. The van der Waals surface area contributed by atoms with Crippen LogP contribution in [0.15, 0.2) is 36.4 Å². The molecule has 0 bridgehead atoms. The molecule has 0 unspecified atom stereocenters. The summed E-state index contributed by atoms with van der Waals surface area (Å²) < 4.78 is 0. The molecule has 0 aliphatic heterocycles. The van der Waals surface area contributed by atoms with E-state index in [1.807, 2.05) is 42.5 Å². The van der Waals surface area contributed by atoms with Crippen LogP contribution in [0, 0.1) is 0 Å². The topological polar surface area (TPSA) is 92.5 Å². The third kappa shape index (κ3) is 4.16. The number of rotatable bonds is 4. The maximum absolute atomic E-state index is 10.2. The van der Waals surface area contributed by atoms with Gasteiger partial charge in [-0.05, 0) is 57.0 Å². The van der Waals surface area contributed by atoms with Gasteiger partial charge in [0.25, 0.3) is 0 Å². The fourth-order valence-electron chi connectivity index (χ4n) is 2.64. The van der Waals surface area contributed by atoms with Crippen LogP contribution < -0.4 is 11.5 Å². The fourth-order valence-corrected chi connectivity index (χ4v) is 2.64. The molecule has 2 aromatic carbocycles. The molecule has 0 spiro atoms. The minimum Gasteiger partial charge on any atom is -0.398 e. The first-order chi connectivity index (χ1) is 11.0. The number of aliphatic hydroxyl groups is 2. The summed E-state index contributed by atoms with van der Waals surface area (Å²) in [5.74, 6) is 0. The first-order valence-corrected chi connectivity index (χ1v) is 7.91. The van der Waals surface area contributed by atoms with E-state index in [1.54, 1.807) is 33.8 Å². The molecule has 4 nitrogen and oxygen atoms in total. The van der Waals surface area contributed by atoms with Crippen LogP contribution in [0.2, 0.25) is 0 Å². The number of nitrogens with two attached hydrogens (primary N) is 2. The van der Waals surface area contributed by atoms with Gasteiger partial charge in [0.1, 0.15) is 0 Å². The van der Waals surface area contributed by atoms with Crippen LogP contribution in [0.25, 0.3) is 12.2 Å². The van der Waals surface area contributed by atoms with Gasteiger partial charge in [0, 0.05) is 22.5 Å². The Hall–Kier alpha value is -2.30. The Bertz CT molecular complexity index is 766. The molecule has 0 fully saturated rings. The number of hydrogen-bond acceptors (Lipinski definition) is 4. The lowest BCUT2D eigenvalue weighted by Crippen LogP contribution is -2.17. The van der Waals surface area contributed by atoms with E-state index in [0.29, 0.717) is 22.5 Å². The molecule has 24 heavy (non-hydrogen) atoms. The minimum absolute atomic E-state index is 0.555. The van der Waals surface area contributed by atoms with Gasteiger partial charge in [0.15, 0.2) is 0 Å². The number of anilines is 2. The van der Waals surface area contributed by atoms with E-state index >= 15 is 0 Å². The van der Waals surface area contributed by atoms with E-state index in [1.165, 1.54) is 0 Å². The predicted octanol–water partition coefficient (Wildman–Crippen LogP) is 3.48. The van der Waals surface area contributed by atoms with E-state index in [-0.39, 0.29) is 0 Å². The third-order valence-corrected chi connectivity index (χ3v) is 3.94. The van der Waals surface area contributed by atoms with Gasteiger partial charge in [-0.15, -0.1) is 0 Å². The summed E-state index contributed by atoms with van der Waals surface area (Å²) in [5, 5.41) is 20.2. The summed E-state index contributed by atoms with van der Waals surface area (Å²) in [7, 11) is 0. The van der Waals surface area contributed by atoms with Crippen molar-refractivity contribution in [3.63, 3.8) is 0 Å². The van der Waals surface area contributed by atoms with Gasteiger partial charge in [-0.1, -0.05) is 30.4 Å². The summed E-state index contributed by atoms with van der Waals surface area (Å²) in [4.78, 5) is 0. The number of hydrogen-bond donors (Lipinski definition) is 4. The summed E-state index contributed by atoms with van der Waals surface area (Å²) in [6.07, 6.45) is 3.87. The molecule has 0 saturated heterocycles. The summed E-state index contributed by atoms with van der Waals surface area (Å²) in [6, 6.07) is 11.1. The lowest BCUT2D eigenvalue weighted by Gasteiger charge is -2.20. The van der Waals surface area contributed by atoms with Crippen molar-refractivity contribution in [3.8, 4) is 0 Å². The van der Waals surface area contributed by atoms with Crippen molar-refractivity contribution in [1.29, 1.82) is 0 Å². The van der Waals surface area contributed by atoms with Crippen LogP contribution in [-0.4, -0.2) is 10.2 Å². The molecular weight excluding hydrogens is 300 g/mol. The Balaban J connectivity index is 2.31. The van der Waals surface area contributed by atoms with Crippen LogP contribution in [0.5, 0.6) is 0 Å². The van der Waals surface area contributed by atoms with E-state index in [9.17, 15) is 10.2 Å². The SMILES string of the molecule is CC(C)(O)c1ccc(/C=C/c2ccc(N)c(C(C)(C)O)c2)cc1N. The zero-order valence-corrected chi connectivity index (χ0v) is 14.7. The van der Waals surface area contributed by atoms with Crippen LogP contribution >= 0.6 is 0 Å². The van der Waals surface area contributed by atoms with Crippen molar-refractivity contribution >= 4 is 23.5 Å². The molecule has 0 aromatic heterocycles. The van der Waals surface area contributed by atoms with Crippen LogP contribution in [0.1, 0.15) is 49.9 Å². The molecule has 0 saturated carbocycles. The van der Waals surface area contributed by atoms with Gasteiger partial charge in [-0.2, -0.15) is 0 Å². The fraction of sp³-hybridized carbons (Fsp3) is 0.300. The molecule has 0 heterocycles. The molecule has 0 aliphatic rings. The van der Waals surface area contributed by atoms with E-state index in [0.717, 1.165) is 11.1 Å². The Morgan fingerprint density at radius 3 is 1.71 bits per heavy atom. The molecule has 4 heteroatoms. The van der Waals surface area contributed by atoms with Crippen molar-refractivity contribution < 1.29 is 10.2 Å². The lowest BCUT2D eigenvalue weighted by atomic mass is 9.94. The number of benzene rings is 2. The quantitative estimate of drug-likeness (QED) is 0.511. The van der Waals surface area contributed by atoms with Crippen molar-refractivity contribution in [3.05, 3.63) is 58.7 Å². The van der Waals surface area contributed by atoms with Crippen molar-refractivity contribution in [2.24, 2.45) is 0 Å². The predicted molar refractivity (Wildman–Crippen MR) is 101 cm³/mol. The zero-order chi connectivity index (χ0) is 18.1. The second kappa shape index (κ2) is 6.30. The zero-order valence-electron chi connectivity index (χ0n) is 14.7. The third-order valence-electron chi connectivity index (χ3n) is 3.94. The van der Waals surface area contributed by atoms with Crippen molar-refractivity contribution in [2.45, 2.75) is 38.9 Å². The summed E-state index contributed by atoms with van der Waals surface area (Å²) >= 11 is 0. The smallest absolute Gasteiger partial charge is 0.0860 e. The number of nitrogen functional groups attached to an aromatic ring is 2. The highest BCUT2D eigenvalue weighted by atomic mass is 16.3. The Kier molecular flexibility index (Phi) is 4.74. The minimum atomic E-state index is -0.993. The van der Waals surface area contributed by atoms with Gasteiger partial charge in [0.2, 0.25) is 0 Å². The van der Waals surface area contributed by atoms with E-state index in [2.05, 4.69) is 0 Å². The Labute approximate surface area is 143 Å². The highest BCUT2D eigenvalue weighted by molar-refractivity contribution is 5.73. The van der Waals surface area contributed by atoms with Crippen molar-refractivity contribution in [1.82, 2.24) is 0 Å². The average molecular weight is 326 g/mol. The van der Waals surface area contributed by atoms with Crippen LogP contribution in [-0.2, 0) is 11.2 Å². The summed E-state index contributed by atoms with van der Waals surface area (Å²) in [5.41, 5.74) is 14.4. The maximum atomic E-state index is 10.2. The Morgan fingerprint density at radius 1 is 0.708 bits per heavy atom. The second-order valence-electron chi connectivity index (χ2n) is 7.14. The Morgan fingerprint density at radius 2 is 1.21 bits per heavy atom. The van der Waals surface area contributed by atoms with Gasteiger partial charge in [0.05, 0.1) is 11.2 Å². The monoisotopic (exact) mass is 326 g/mol. The maximum Gasteiger partial charge on any atom is 0.0860 e. The standard InChI is InChI=1S/C20H26N2O2/c1-19(2,23)15-9-7-14(12-18(15)22)6-5-13-8-10-17(21)16(11-13)20(3,4)24/h5-12,23-24H,21-22H2,1-4H3/b6-5+. The van der Waals surface area contributed by atoms with Crippen LogP contribution in [0.4, 0.5) is 11.4 Å². The van der Waals surface area contributed by atoms with Crippen molar-refractivity contribution in [2.75, 3.05) is 11.5 Å². The molecule has 0 radical (unpaired) electrons. The second-order valence-corrected chi connectivity index (χ2v) is 7.14. The molecule has 0 amide bonds. The first kappa shape index (κ1) is 18.0. The van der Waals surface area contributed by atoms with Gasteiger partial charge < -0.3 is 21.7 Å².